The molecule has 16 heavy (non-hydrogen) atoms. The maximum Gasteiger partial charge on any atom is 0.0613 e. The average molecular weight is 226 g/mol. The SMILES string of the molecule is CCC1OCCC1CN1CCNCC1CC. The van der Waals surface area contributed by atoms with Crippen molar-refractivity contribution < 1.29 is 4.74 Å². The van der Waals surface area contributed by atoms with Crippen LogP contribution >= 0.6 is 0 Å². The zero-order valence-corrected chi connectivity index (χ0v) is 10.7. The molecule has 3 atom stereocenters. The fourth-order valence-corrected chi connectivity index (χ4v) is 3.10. The minimum absolute atomic E-state index is 0.521. The van der Waals surface area contributed by atoms with E-state index >= 15 is 0 Å². The van der Waals surface area contributed by atoms with Gasteiger partial charge in [-0.15, -0.1) is 0 Å². The van der Waals surface area contributed by atoms with E-state index in [1.54, 1.807) is 0 Å². The number of hydrogen-bond donors (Lipinski definition) is 1. The van der Waals surface area contributed by atoms with Crippen LogP contribution < -0.4 is 5.32 Å². The summed E-state index contributed by atoms with van der Waals surface area (Å²) in [6.07, 6.45) is 4.22. The van der Waals surface area contributed by atoms with Gasteiger partial charge in [-0.05, 0) is 25.2 Å². The molecule has 3 unspecified atom stereocenters. The Bertz CT molecular complexity index is 210. The van der Waals surface area contributed by atoms with Crippen LogP contribution in [0.15, 0.2) is 0 Å². The topological polar surface area (TPSA) is 24.5 Å². The summed E-state index contributed by atoms with van der Waals surface area (Å²) in [7, 11) is 0. The van der Waals surface area contributed by atoms with Gasteiger partial charge in [-0.1, -0.05) is 13.8 Å². The third kappa shape index (κ3) is 2.76. The molecule has 0 aromatic heterocycles. The molecular formula is C13H26N2O. The summed E-state index contributed by atoms with van der Waals surface area (Å²) in [5.74, 6) is 0.775. The molecule has 2 aliphatic rings. The first-order chi connectivity index (χ1) is 7.85. The summed E-state index contributed by atoms with van der Waals surface area (Å²) in [4.78, 5) is 2.68. The second-order valence-electron chi connectivity index (χ2n) is 5.13. The van der Waals surface area contributed by atoms with Gasteiger partial charge in [-0.25, -0.2) is 0 Å². The van der Waals surface area contributed by atoms with E-state index in [1.165, 1.54) is 38.9 Å². The van der Waals surface area contributed by atoms with Crippen LogP contribution in [0.2, 0.25) is 0 Å². The van der Waals surface area contributed by atoms with Gasteiger partial charge in [0.05, 0.1) is 6.10 Å². The molecule has 3 heteroatoms. The van der Waals surface area contributed by atoms with Crippen LogP contribution in [0, 0.1) is 5.92 Å². The van der Waals surface area contributed by atoms with Crippen LogP contribution in [0.1, 0.15) is 33.1 Å². The van der Waals surface area contributed by atoms with Gasteiger partial charge < -0.3 is 10.1 Å². The number of ether oxygens (including phenoxy) is 1. The maximum atomic E-state index is 5.78. The van der Waals surface area contributed by atoms with Gasteiger partial charge >= 0.3 is 0 Å². The molecule has 3 nitrogen and oxygen atoms in total. The molecule has 0 saturated carbocycles. The molecule has 0 amide bonds. The lowest BCUT2D eigenvalue weighted by Crippen LogP contribution is -2.52. The maximum absolute atomic E-state index is 5.78. The summed E-state index contributed by atoms with van der Waals surface area (Å²) in [6.45, 7) is 10.3. The highest BCUT2D eigenvalue weighted by atomic mass is 16.5. The van der Waals surface area contributed by atoms with Crippen molar-refractivity contribution in [2.75, 3.05) is 32.8 Å². The van der Waals surface area contributed by atoms with Crippen LogP contribution in [0.4, 0.5) is 0 Å². The Morgan fingerprint density at radius 3 is 2.94 bits per heavy atom. The summed E-state index contributed by atoms with van der Waals surface area (Å²) in [6, 6.07) is 0.742. The largest absolute Gasteiger partial charge is 0.378 e. The Morgan fingerprint density at radius 1 is 1.31 bits per heavy atom. The lowest BCUT2D eigenvalue weighted by molar-refractivity contribution is 0.0621. The molecule has 0 radical (unpaired) electrons. The van der Waals surface area contributed by atoms with Crippen molar-refractivity contribution in [2.24, 2.45) is 5.92 Å². The smallest absolute Gasteiger partial charge is 0.0613 e. The van der Waals surface area contributed by atoms with Gasteiger partial charge in [-0.2, -0.15) is 0 Å². The van der Waals surface area contributed by atoms with Crippen LogP contribution in [-0.4, -0.2) is 49.8 Å². The summed E-state index contributed by atoms with van der Waals surface area (Å²) >= 11 is 0. The molecule has 0 spiro atoms. The van der Waals surface area contributed by atoms with E-state index in [2.05, 4.69) is 24.1 Å². The zero-order chi connectivity index (χ0) is 11.4. The lowest BCUT2D eigenvalue weighted by Gasteiger charge is -2.38. The van der Waals surface area contributed by atoms with Crippen molar-refractivity contribution in [1.82, 2.24) is 10.2 Å². The normalized spacial score (nSPS) is 36.8. The van der Waals surface area contributed by atoms with Crippen molar-refractivity contribution in [3.05, 3.63) is 0 Å². The van der Waals surface area contributed by atoms with Gasteiger partial charge in [-0.3, -0.25) is 4.90 Å². The number of hydrogen-bond acceptors (Lipinski definition) is 3. The molecule has 0 aliphatic carbocycles. The summed E-state index contributed by atoms with van der Waals surface area (Å²) < 4.78 is 5.78. The van der Waals surface area contributed by atoms with Crippen LogP contribution in [0.3, 0.4) is 0 Å². The fourth-order valence-electron chi connectivity index (χ4n) is 3.10. The summed E-state index contributed by atoms with van der Waals surface area (Å²) in [5.41, 5.74) is 0. The Morgan fingerprint density at radius 2 is 2.19 bits per heavy atom. The molecule has 0 aromatic rings. The number of rotatable bonds is 4. The van der Waals surface area contributed by atoms with Gasteiger partial charge in [0.1, 0.15) is 0 Å². The highest BCUT2D eigenvalue weighted by molar-refractivity contribution is 4.84. The molecule has 2 fully saturated rings. The molecule has 2 aliphatic heterocycles. The predicted octanol–water partition coefficient (Wildman–Crippen LogP) is 1.49. The van der Waals surface area contributed by atoms with Crippen molar-refractivity contribution in [3.63, 3.8) is 0 Å². The van der Waals surface area contributed by atoms with Crippen LogP contribution in [-0.2, 0) is 4.74 Å². The second-order valence-corrected chi connectivity index (χ2v) is 5.13. The predicted molar refractivity (Wildman–Crippen MR) is 66.7 cm³/mol. The average Bonchev–Trinajstić information content (AvgIpc) is 2.77. The van der Waals surface area contributed by atoms with Crippen molar-refractivity contribution >= 4 is 0 Å². The zero-order valence-electron chi connectivity index (χ0n) is 10.7. The first-order valence-electron chi connectivity index (χ1n) is 6.91. The Kier molecular flexibility index (Phi) is 4.62. The highest BCUT2D eigenvalue weighted by Gasteiger charge is 2.31. The van der Waals surface area contributed by atoms with Crippen LogP contribution in [0.5, 0.6) is 0 Å². The first-order valence-corrected chi connectivity index (χ1v) is 6.91. The fraction of sp³-hybridized carbons (Fsp3) is 1.00. The van der Waals surface area contributed by atoms with Crippen molar-refractivity contribution in [3.8, 4) is 0 Å². The Labute approximate surface area is 99.5 Å². The quantitative estimate of drug-likeness (QED) is 0.786. The molecule has 94 valence electrons. The van der Waals surface area contributed by atoms with E-state index in [1.807, 2.05) is 0 Å². The van der Waals surface area contributed by atoms with E-state index < -0.39 is 0 Å². The second kappa shape index (κ2) is 5.99. The molecule has 1 N–H and O–H groups in total. The monoisotopic (exact) mass is 226 g/mol. The van der Waals surface area contributed by atoms with Crippen molar-refractivity contribution in [2.45, 2.75) is 45.3 Å². The van der Waals surface area contributed by atoms with E-state index in [9.17, 15) is 0 Å². The van der Waals surface area contributed by atoms with Gasteiger partial charge in [0, 0.05) is 38.8 Å². The lowest BCUT2D eigenvalue weighted by atomic mass is 9.97. The molecule has 0 bridgehead atoms. The molecular weight excluding hydrogens is 200 g/mol. The van der Waals surface area contributed by atoms with E-state index in [4.69, 9.17) is 4.74 Å². The van der Waals surface area contributed by atoms with E-state index in [0.29, 0.717) is 6.10 Å². The van der Waals surface area contributed by atoms with Gasteiger partial charge in [0.15, 0.2) is 0 Å². The third-order valence-electron chi connectivity index (χ3n) is 4.16. The number of nitrogens with zero attached hydrogens (tertiary/aromatic N) is 1. The first kappa shape index (κ1) is 12.3. The minimum Gasteiger partial charge on any atom is -0.378 e. The Hall–Kier alpha value is -0.120. The van der Waals surface area contributed by atoms with Gasteiger partial charge in [0.25, 0.3) is 0 Å². The molecule has 2 saturated heterocycles. The van der Waals surface area contributed by atoms with E-state index in [-0.39, 0.29) is 0 Å². The van der Waals surface area contributed by atoms with Crippen molar-refractivity contribution in [1.29, 1.82) is 0 Å². The molecule has 0 aromatic carbocycles. The standard InChI is InChI=1S/C13H26N2O/c1-3-12-9-14-6-7-15(12)10-11-5-8-16-13(11)4-2/h11-14H,3-10H2,1-2H3. The van der Waals surface area contributed by atoms with E-state index in [0.717, 1.165) is 25.1 Å². The minimum atomic E-state index is 0.521. The van der Waals surface area contributed by atoms with Crippen LogP contribution in [0.25, 0.3) is 0 Å². The van der Waals surface area contributed by atoms with Gasteiger partial charge in [0.2, 0.25) is 0 Å². The number of piperazine rings is 1. The number of nitrogens with one attached hydrogen (secondary N) is 1. The third-order valence-corrected chi connectivity index (χ3v) is 4.16. The highest BCUT2D eigenvalue weighted by Crippen LogP contribution is 2.25. The Balaban J connectivity index is 1.86. The molecule has 2 rings (SSSR count). The summed E-state index contributed by atoms with van der Waals surface area (Å²) in [5, 5.41) is 3.49. The molecule has 2 heterocycles.